The molecule has 1 aliphatic heterocycles. The number of carboxylic acid groups (broad SMARTS) is 1. The topological polar surface area (TPSA) is 61.8 Å². The second kappa shape index (κ2) is 9.16. The standard InChI is InChI=1S/C17H30N2O3/c1-2-3-12-22-15-8-10-19(11-9-15)13-14-6-4-5-7-16(14)18-17(20)21/h2-3,14-16,18H,4-13H2,1H3,(H,20,21). The fourth-order valence-electron chi connectivity index (χ4n) is 3.65. The molecule has 0 bridgehead atoms. The molecule has 5 heteroatoms. The molecule has 1 saturated carbocycles. The van der Waals surface area contributed by atoms with Crippen molar-refractivity contribution in [2.24, 2.45) is 5.92 Å². The van der Waals surface area contributed by atoms with Crippen LogP contribution in [-0.2, 0) is 4.74 Å². The van der Waals surface area contributed by atoms with Gasteiger partial charge in [0.05, 0.1) is 12.7 Å². The summed E-state index contributed by atoms with van der Waals surface area (Å²) in [6.07, 6.45) is 10.2. The predicted molar refractivity (Wildman–Crippen MR) is 87.1 cm³/mol. The van der Waals surface area contributed by atoms with E-state index >= 15 is 0 Å². The highest BCUT2D eigenvalue weighted by molar-refractivity contribution is 5.64. The second-order valence-corrected chi connectivity index (χ2v) is 6.50. The Morgan fingerprint density at radius 2 is 2.00 bits per heavy atom. The molecule has 2 rings (SSSR count). The number of likely N-dealkylation sites (tertiary alicyclic amines) is 1. The Morgan fingerprint density at radius 3 is 2.68 bits per heavy atom. The van der Waals surface area contributed by atoms with Crippen molar-refractivity contribution in [3.8, 4) is 0 Å². The first-order valence-corrected chi connectivity index (χ1v) is 8.63. The number of nitrogens with zero attached hydrogens (tertiary/aromatic N) is 1. The molecule has 1 heterocycles. The Kier molecular flexibility index (Phi) is 7.19. The first-order chi connectivity index (χ1) is 10.7. The van der Waals surface area contributed by atoms with E-state index in [9.17, 15) is 4.79 Å². The molecule has 2 atom stereocenters. The Morgan fingerprint density at radius 1 is 1.27 bits per heavy atom. The number of allylic oxidation sites excluding steroid dienone is 1. The van der Waals surface area contributed by atoms with Crippen LogP contribution in [0.3, 0.4) is 0 Å². The van der Waals surface area contributed by atoms with E-state index in [1.54, 1.807) is 0 Å². The number of nitrogens with one attached hydrogen (secondary N) is 1. The molecule has 1 amide bonds. The minimum Gasteiger partial charge on any atom is -0.465 e. The van der Waals surface area contributed by atoms with Gasteiger partial charge in [0.25, 0.3) is 0 Å². The lowest BCUT2D eigenvalue weighted by molar-refractivity contribution is 0.0154. The van der Waals surface area contributed by atoms with Crippen LogP contribution in [0.25, 0.3) is 0 Å². The summed E-state index contributed by atoms with van der Waals surface area (Å²) < 4.78 is 5.83. The zero-order chi connectivity index (χ0) is 15.8. The van der Waals surface area contributed by atoms with Crippen LogP contribution in [0.1, 0.15) is 45.4 Å². The maximum absolute atomic E-state index is 10.9. The van der Waals surface area contributed by atoms with Crippen LogP contribution in [0.4, 0.5) is 4.79 Å². The maximum atomic E-state index is 10.9. The molecule has 2 aliphatic rings. The normalized spacial score (nSPS) is 28.0. The third-order valence-electron chi connectivity index (χ3n) is 4.91. The van der Waals surface area contributed by atoms with E-state index < -0.39 is 6.09 Å². The average molecular weight is 310 g/mol. The number of ether oxygens (including phenoxy) is 1. The number of hydrogen-bond acceptors (Lipinski definition) is 3. The first kappa shape index (κ1) is 17.3. The lowest BCUT2D eigenvalue weighted by atomic mass is 9.84. The number of hydrogen-bond donors (Lipinski definition) is 2. The largest absolute Gasteiger partial charge is 0.465 e. The molecule has 0 spiro atoms. The highest BCUT2D eigenvalue weighted by atomic mass is 16.5. The van der Waals surface area contributed by atoms with E-state index in [1.807, 2.05) is 13.0 Å². The summed E-state index contributed by atoms with van der Waals surface area (Å²) in [5.41, 5.74) is 0. The summed E-state index contributed by atoms with van der Waals surface area (Å²) in [4.78, 5) is 13.4. The van der Waals surface area contributed by atoms with Gasteiger partial charge in [-0.1, -0.05) is 25.0 Å². The van der Waals surface area contributed by atoms with Gasteiger partial charge in [-0.25, -0.2) is 4.79 Å². The van der Waals surface area contributed by atoms with Gasteiger partial charge in [-0.05, 0) is 38.5 Å². The highest BCUT2D eigenvalue weighted by Crippen LogP contribution is 2.26. The Hall–Kier alpha value is -1.07. The number of carbonyl (C=O) groups is 1. The summed E-state index contributed by atoms with van der Waals surface area (Å²) in [7, 11) is 0. The average Bonchev–Trinajstić information content (AvgIpc) is 2.51. The van der Waals surface area contributed by atoms with Gasteiger partial charge in [0.1, 0.15) is 0 Å². The zero-order valence-corrected chi connectivity index (χ0v) is 13.7. The fraction of sp³-hybridized carbons (Fsp3) is 0.824. The quantitative estimate of drug-likeness (QED) is 0.741. The third-order valence-corrected chi connectivity index (χ3v) is 4.91. The molecule has 1 saturated heterocycles. The van der Waals surface area contributed by atoms with Gasteiger partial charge in [0.2, 0.25) is 0 Å². The van der Waals surface area contributed by atoms with Crippen molar-refractivity contribution in [3.05, 3.63) is 12.2 Å². The van der Waals surface area contributed by atoms with E-state index in [0.717, 1.165) is 51.7 Å². The van der Waals surface area contributed by atoms with Crippen LogP contribution < -0.4 is 5.32 Å². The lowest BCUT2D eigenvalue weighted by Gasteiger charge is -2.38. The summed E-state index contributed by atoms with van der Waals surface area (Å²) in [6.45, 7) is 5.88. The molecule has 0 aromatic rings. The minimum absolute atomic E-state index is 0.134. The molecule has 2 N–H and O–H groups in total. The van der Waals surface area contributed by atoms with E-state index in [1.165, 1.54) is 6.42 Å². The minimum atomic E-state index is -0.881. The summed E-state index contributed by atoms with van der Waals surface area (Å²) in [6, 6.07) is 0.134. The molecule has 5 nitrogen and oxygen atoms in total. The zero-order valence-electron chi connectivity index (χ0n) is 13.7. The van der Waals surface area contributed by atoms with Gasteiger partial charge in [-0.15, -0.1) is 0 Å². The number of rotatable bonds is 6. The van der Waals surface area contributed by atoms with E-state index in [-0.39, 0.29) is 6.04 Å². The lowest BCUT2D eigenvalue weighted by Crippen LogP contribution is -2.48. The summed E-state index contributed by atoms with van der Waals surface area (Å²) >= 11 is 0. The molecule has 0 aromatic carbocycles. The van der Waals surface area contributed by atoms with E-state index in [0.29, 0.717) is 18.6 Å². The maximum Gasteiger partial charge on any atom is 0.404 e. The summed E-state index contributed by atoms with van der Waals surface area (Å²) in [5, 5.41) is 11.7. The Bertz CT molecular complexity index is 365. The van der Waals surface area contributed by atoms with Gasteiger partial charge >= 0.3 is 6.09 Å². The van der Waals surface area contributed by atoms with Gasteiger partial charge in [-0.2, -0.15) is 0 Å². The van der Waals surface area contributed by atoms with Crippen molar-refractivity contribution >= 4 is 6.09 Å². The van der Waals surface area contributed by atoms with E-state index in [2.05, 4.69) is 16.3 Å². The Balaban J connectivity index is 1.73. The molecule has 2 unspecified atom stereocenters. The van der Waals surface area contributed by atoms with Crippen molar-refractivity contribution in [1.29, 1.82) is 0 Å². The number of amides is 1. The molecule has 0 radical (unpaired) electrons. The smallest absolute Gasteiger partial charge is 0.404 e. The second-order valence-electron chi connectivity index (χ2n) is 6.50. The van der Waals surface area contributed by atoms with Gasteiger partial charge < -0.3 is 20.1 Å². The van der Waals surface area contributed by atoms with E-state index in [4.69, 9.17) is 9.84 Å². The van der Waals surface area contributed by atoms with Crippen LogP contribution in [-0.4, -0.2) is 54.5 Å². The summed E-state index contributed by atoms with van der Waals surface area (Å²) in [5.74, 6) is 0.463. The van der Waals surface area contributed by atoms with Crippen LogP contribution in [0.2, 0.25) is 0 Å². The predicted octanol–water partition coefficient (Wildman–Crippen LogP) is 2.87. The monoisotopic (exact) mass is 310 g/mol. The van der Waals surface area contributed by atoms with Gasteiger partial charge in [0, 0.05) is 25.7 Å². The van der Waals surface area contributed by atoms with Gasteiger partial charge in [0.15, 0.2) is 0 Å². The van der Waals surface area contributed by atoms with Crippen molar-refractivity contribution in [2.75, 3.05) is 26.2 Å². The molecule has 1 aliphatic carbocycles. The highest BCUT2D eigenvalue weighted by Gasteiger charge is 2.29. The molecule has 0 aromatic heterocycles. The molecular formula is C17H30N2O3. The SMILES string of the molecule is CC=CCOC1CCN(CC2CCCCC2NC(=O)O)CC1. The van der Waals surface area contributed by atoms with Crippen molar-refractivity contribution < 1.29 is 14.6 Å². The van der Waals surface area contributed by atoms with Crippen LogP contribution in [0.15, 0.2) is 12.2 Å². The van der Waals surface area contributed by atoms with Crippen molar-refractivity contribution in [2.45, 2.75) is 57.6 Å². The van der Waals surface area contributed by atoms with Crippen molar-refractivity contribution in [1.82, 2.24) is 10.2 Å². The number of piperidine rings is 1. The van der Waals surface area contributed by atoms with Crippen molar-refractivity contribution in [3.63, 3.8) is 0 Å². The first-order valence-electron chi connectivity index (χ1n) is 8.63. The third kappa shape index (κ3) is 5.61. The Labute approximate surface area is 133 Å². The molecule has 22 heavy (non-hydrogen) atoms. The van der Waals surface area contributed by atoms with Crippen LogP contribution >= 0.6 is 0 Å². The molecular weight excluding hydrogens is 280 g/mol. The van der Waals surface area contributed by atoms with Crippen LogP contribution in [0, 0.1) is 5.92 Å². The fourth-order valence-corrected chi connectivity index (χ4v) is 3.65. The van der Waals surface area contributed by atoms with Gasteiger partial charge in [-0.3, -0.25) is 0 Å². The van der Waals surface area contributed by atoms with Crippen LogP contribution in [0.5, 0.6) is 0 Å². The molecule has 2 fully saturated rings. The molecule has 126 valence electrons.